The van der Waals surface area contributed by atoms with Crippen LogP contribution in [0.5, 0.6) is 0 Å². The predicted octanol–water partition coefficient (Wildman–Crippen LogP) is 3.82. The van der Waals surface area contributed by atoms with Gasteiger partial charge in [0.2, 0.25) is 0 Å². The van der Waals surface area contributed by atoms with Crippen LogP contribution in [0.3, 0.4) is 0 Å². The normalized spacial score (nSPS) is 18.5. The number of amides is 3. The molecule has 0 bridgehead atoms. The lowest BCUT2D eigenvalue weighted by Gasteiger charge is -2.41. The van der Waals surface area contributed by atoms with Gasteiger partial charge in [0.1, 0.15) is 0 Å². The number of aliphatic imine (C=N–C) groups is 1. The third-order valence-corrected chi connectivity index (χ3v) is 6.27. The first-order valence-corrected chi connectivity index (χ1v) is 11.5. The van der Waals surface area contributed by atoms with Gasteiger partial charge >= 0.3 is 6.03 Å². The summed E-state index contributed by atoms with van der Waals surface area (Å²) >= 11 is 1.74. The van der Waals surface area contributed by atoms with Crippen LogP contribution in [0.15, 0.2) is 40.5 Å². The van der Waals surface area contributed by atoms with Gasteiger partial charge in [0.25, 0.3) is 5.91 Å². The van der Waals surface area contributed by atoms with Gasteiger partial charge in [-0.3, -0.25) is 4.79 Å². The van der Waals surface area contributed by atoms with E-state index in [1.165, 1.54) is 0 Å². The van der Waals surface area contributed by atoms with Gasteiger partial charge in [-0.1, -0.05) is 37.2 Å². The summed E-state index contributed by atoms with van der Waals surface area (Å²) < 4.78 is 0. The Kier molecular flexibility index (Phi) is 7.42. The number of benzene rings is 1. The standard InChI is InChI=1S/C22H31N5O2S/c1-5-6-12-23-21(29)25-17-10-8-16(9-11-17)19-18(20(28)26(3)4)15(2)24-22-27(19)13-7-14-30-22/h8-11,19H,5-7,12-14H2,1-4H3,(H2,23,25,29)/t19-/m0/s1. The maximum Gasteiger partial charge on any atom is 0.319 e. The summed E-state index contributed by atoms with van der Waals surface area (Å²) in [6.07, 6.45) is 3.05. The molecule has 162 valence electrons. The maximum absolute atomic E-state index is 13.0. The Labute approximate surface area is 183 Å². The van der Waals surface area contributed by atoms with E-state index < -0.39 is 0 Å². The van der Waals surface area contributed by atoms with Gasteiger partial charge in [-0.2, -0.15) is 0 Å². The smallest absolute Gasteiger partial charge is 0.319 e. The minimum absolute atomic E-state index is 0.0200. The Morgan fingerprint density at radius 1 is 1.27 bits per heavy atom. The van der Waals surface area contributed by atoms with Crippen molar-refractivity contribution < 1.29 is 9.59 Å². The lowest BCUT2D eigenvalue weighted by molar-refractivity contribution is -0.125. The van der Waals surface area contributed by atoms with E-state index in [1.54, 1.807) is 30.8 Å². The first-order chi connectivity index (χ1) is 14.4. The summed E-state index contributed by atoms with van der Waals surface area (Å²) in [7, 11) is 3.54. The average molecular weight is 430 g/mol. The fourth-order valence-electron chi connectivity index (χ4n) is 3.63. The van der Waals surface area contributed by atoms with E-state index in [9.17, 15) is 9.59 Å². The third kappa shape index (κ3) is 4.98. The van der Waals surface area contributed by atoms with E-state index in [0.29, 0.717) is 12.1 Å². The number of hydrogen-bond donors (Lipinski definition) is 2. The molecule has 1 saturated heterocycles. The molecule has 0 aromatic heterocycles. The molecule has 2 aliphatic heterocycles. The molecule has 3 rings (SSSR count). The molecule has 0 unspecified atom stereocenters. The Bertz CT molecular complexity index is 848. The van der Waals surface area contributed by atoms with Gasteiger partial charge in [0.15, 0.2) is 5.17 Å². The molecule has 30 heavy (non-hydrogen) atoms. The third-order valence-electron chi connectivity index (χ3n) is 5.20. The highest BCUT2D eigenvalue weighted by Crippen LogP contribution is 2.40. The summed E-state index contributed by atoms with van der Waals surface area (Å²) in [4.78, 5) is 33.6. The highest BCUT2D eigenvalue weighted by Gasteiger charge is 2.37. The molecule has 0 radical (unpaired) electrons. The number of anilines is 1. The van der Waals surface area contributed by atoms with Gasteiger partial charge in [0.05, 0.1) is 17.3 Å². The second-order valence-electron chi connectivity index (χ2n) is 7.75. The van der Waals surface area contributed by atoms with Gasteiger partial charge < -0.3 is 20.4 Å². The Hall–Kier alpha value is -2.48. The second-order valence-corrected chi connectivity index (χ2v) is 8.81. The molecular formula is C22H31N5O2S. The highest BCUT2D eigenvalue weighted by molar-refractivity contribution is 8.13. The first kappa shape index (κ1) is 22.2. The topological polar surface area (TPSA) is 77.0 Å². The molecule has 1 fully saturated rings. The van der Waals surface area contributed by atoms with Crippen molar-refractivity contribution in [2.45, 2.75) is 39.2 Å². The molecule has 1 atom stereocenters. The SMILES string of the molecule is CCCCNC(=O)Nc1ccc([C@H]2C(C(=O)N(C)C)=C(C)N=C3SCCCN32)cc1. The Morgan fingerprint density at radius 2 is 2.00 bits per heavy atom. The highest BCUT2D eigenvalue weighted by atomic mass is 32.2. The summed E-state index contributed by atoms with van der Waals surface area (Å²) in [6.45, 7) is 5.54. The van der Waals surface area contributed by atoms with Gasteiger partial charge in [-0.15, -0.1) is 0 Å². The van der Waals surface area contributed by atoms with E-state index in [4.69, 9.17) is 4.99 Å². The van der Waals surface area contributed by atoms with Crippen LogP contribution in [-0.4, -0.2) is 59.8 Å². The molecule has 0 spiro atoms. The molecule has 0 saturated carbocycles. The minimum Gasteiger partial charge on any atom is -0.345 e. The van der Waals surface area contributed by atoms with E-state index >= 15 is 0 Å². The number of carbonyl (C=O) groups excluding carboxylic acids is 2. The molecule has 2 N–H and O–H groups in total. The van der Waals surface area contributed by atoms with Crippen molar-refractivity contribution in [2.24, 2.45) is 4.99 Å². The van der Waals surface area contributed by atoms with Crippen LogP contribution in [0.2, 0.25) is 0 Å². The quantitative estimate of drug-likeness (QED) is 0.674. The summed E-state index contributed by atoms with van der Waals surface area (Å²) in [5.74, 6) is 1.02. The number of allylic oxidation sites excluding steroid dienone is 1. The number of likely N-dealkylation sites (N-methyl/N-ethyl adjacent to an activating group) is 1. The van der Waals surface area contributed by atoms with Crippen molar-refractivity contribution in [2.75, 3.05) is 38.3 Å². The fraction of sp³-hybridized carbons (Fsp3) is 0.500. The Balaban J connectivity index is 1.85. The van der Waals surface area contributed by atoms with Crippen molar-refractivity contribution in [1.82, 2.24) is 15.1 Å². The van der Waals surface area contributed by atoms with Gasteiger partial charge in [-0.05, 0) is 37.5 Å². The predicted molar refractivity (Wildman–Crippen MR) is 124 cm³/mol. The monoisotopic (exact) mass is 429 g/mol. The van der Waals surface area contributed by atoms with Crippen LogP contribution >= 0.6 is 11.8 Å². The number of rotatable bonds is 6. The zero-order valence-electron chi connectivity index (χ0n) is 18.2. The second kappa shape index (κ2) is 10.0. The Morgan fingerprint density at radius 3 is 2.67 bits per heavy atom. The zero-order valence-corrected chi connectivity index (χ0v) is 19.0. The van der Waals surface area contributed by atoms with Crippen LogP contribution < -0.4 is 10.6 Å². The van der Waals surface area contributed by atoms with Crippen molar-refractivity contribution in [1.29, 1.82) is 0 Å². The molecule has 7 nitrogen and oxygen atoms in total. The zero-order chi connectivity index (χ0) is 21.7. The molecule has 0 aliphatic carbocycles. The summed E-state index contributed by atoms with van der Waals surface area (Å²) in [6, 6.07) is 7.40. The van der Waals surface area contributed by atoms with E-state index in [1.807, 2.05) is 31.2 Å². The lowest BCUT2D eigenvalue weighted by atomic mass is 9.93. The lowest BCUT2D eigenvalue weighted by Crippen LogP contribution is -2.43. The summed E-state index contributed by atoms with van der Waals surface area (Å²) in [5.41, 5.74) is 3.24. The number of fused-ring (bicyclic) bond motifs is 1. The van der Waals surface area contributed by atoms with Gasteiger partial charge in [0, 0.05) is 38.6 Å². The van der Waals surface area contributed by atoms with Gasteiger partial charge in [-0.25, -0.2) is 9.79 Å². The minimum atomic E-state index is -0.199. The summed E-state index contributed by atoms with van der Waals surface area (Å²) in [5, 5.41) is 6.71. The van der Waals surface area contributed by atoms with E-state index in [-0.39, 0.29) is 18.0 Å². The van der Waals surface area contributed by atoms with Crippen LogP contribution in [0.1, 0.15) is 44.7 Å². The number of amidine groups is 1. The van der Waals surface area contributed by atoms with Crippen LogP contribution in [0.25, 0.3) is 0 Å². The van der Waals surface area contributed by atoms with E-state index in [0.717, 1.165) is 53.7 Å². The number of nitrogens with zero attached hydrogens (tertiary/aromatic N) is 3. The first-order valence-electron chi connectivity index (χ1n) is 10.5. The average Bonchev–Trinajstić information content (AvgIpc) is 2.73. The number of urea groups is 1. The number of thioether (sulfide) groups is 1. The number of carbonyl (C=O) groups is 2. The molecule has 1 aromatic rings. The number of unbranched alkanes of at least 4 members (excludes halogenated alkanes) is 1. The van der Waals surface area contributed by atoms with Crippen molar-refractivity contribution in [3.05, 3.63) is 41.1 Å². The number of hydrogen-bond acceptors (Lipinski definition) is 5. The van der Waals surface area contributed by atoms with Crippen LogP contribution in [0.4, 0.5) is 10.5 Å². The largest absolute Gasteiger partial charge is 0.345 e. The molecule has 1 aromatic carbocycles. The van der Waals surface area contributed by atoms with Crippen molar-refractivity contribution >= 4 is 34.6 Å². The van der Waals surface area contributed by atoms with Crippen molar-refractivity contribution in [3.63, 3.8) is 0 Å². The van der Waals surface area contributed by atoms with Crippen molar-refractivity contribution in [3.8, 4) is 0 Å². The van der Waals surface area contributed by atoms with E-state index in [2.05, 4.69) is 22.5 Å². The molecular weight excluding hydrogens is 398 g/mol. The molecule has 3 amide bonds. The maximum atomic E-state index is 13.0. The molecule has 8 heteroatoms. The molecule has 2 heterocycles. The van der Waals surface area contributed by atoms with Crippen LogP contribution in [0, 0.1) is 0 Å². The number of nitrogens with one attached hydrogen (secondary N) is 2. The fourth-order valence-corrected chi connectivity index (χ4v) is 4.65. The van der Waals surface area contributed by atoms with Crippen LogP contribution in [-0.2, 0) is 4.79 Å². The molecule has 2 aliphatic rings.